The Morgan fingerprint density at radius 2 is 1.82 bits per heavy atom. The number of carbonyl (C=O) groups excluding carboxylic acids is 1. The van der Waals surface area contributed by atoms with Crippen LogP contribution < -0.4 is 0 Å². The van der Waals surface area contributed by atoms with Crippen molar-refractivity contribution < 1.29 is 4.79 Å². The van der Waals surface area contributed by atoms with Crippen molar-refractivity contribution in [2.24, 2.45) is 4.99 Å². The van der Waals surface area contributed by atoms with E-state index in [0.717, 1.165) is 30.7 Å². The Kier molecular flexibility index (Phi) is 3.64. The van der Waals surface area contributed by atoms with E-state index in [2.05, 4.69) is 39.8 Å². The van der Waals surface area contributed by atoms with Crippen LogP contribution in [-0.4, -0.2) is 73.9 Å². The van der Waals surface area contributed by atoms with Crippen LogP contribution in [0.1, 0.15) is 26.7 Å². The molecule has 17 heavy (non-hydrogen) atoms. The number of likely N-dealkylation sites (N-methyl/N-ethyl adjacent to an activating group) is 1. The molecular formula is C11H19N4OSe. The van der Waals surface area contributed by atoms with Crippen molar-refractivity contribution in [3.05, 3.63) is 0 Å². The Labute approximate surface area is 111 Å². The molecule has 2 rings (SSSR count). The van der Waals surface area contributed by atoms with Gasteiger partial charge in [-0.3, -0.25) is 0 Å². The number of urea groups is 1. The van der Waals surface area contributed by atoms with Crippen molar-refractivity contribution in [2.45, 2.75) is 39.0 Å². The van der Waals surface area contributed by atoms with E-state index in [-0.39, 0.29) is 18.4 Å². The molecule has 0 saturated carbocycles. The van der Waals surface area contributed by atoms with E-state index in [0.29, 0.717) is 0 Å². The van der Waals surface area contributed by atoms with Crippen LogP contribution in [0.25, 0.3) is 0 Å². The molecule has 2 aliphatic heterocycles. The maximum atomic E-state index is 12.3. The monoisotopic (exact) mass is 303 g/mol. The Morgan fingerprint density at radius 1 is 1.24 bits per heavy atom. The van der Waals surface area contributed by atoms with E-state index in [4.69, 9.17) is 0 Å². The summed E-state index contributed by atoms with van der Waals surface area (Å²) >= 11 is 2.97. The van der Waals surface area contributed by atoms with Gasteiger partial charge in [0.25, 0.3) is 0 Å². The van der Waals surface area contributed by atoms with E-state index in [1.54, 1.807) is 0 Å². The molecule has 1 saturated heterocycles. The van der Waals surface area contributed by atoms with Gasteiger partial charge in [0.1, 0.15) is 0 Å². The maximum absolute atomic E-state index is 12.3. The van der Waals surface area contributed by atoms with Crippen molar-refractivity contribution >= 4 is 26.8 Å². The number of carbonyl (C=O) groups is 1. The number of hydrogen-bond donors (Lipinski definition) is 0. The van der Waals surface area contributed by atoms with Crippen LogP contribution in [0.2, 0.25) is 0 Å². The number of aliphatic imine (C=N–C) groups is 1. The molecule has 0 N–H and O–H groups in total. The number of amides is 2. The van der Waals surface area contributed by atoms with Crippen LogP contribution in [0.3, 0.4) is 0 Å². The molecule has 95 valence electrons. The van der Waals surface area contributed by atoms with Gasteiger partial charge in [-0.15, -0.1) is 0 Å². The molecule has 0 spiro atoms. The summed E-state index contributed by atoms with van der Waals surface area (Å²) in [4.78, 5) is 22.8. The first-order valence-corrected chi connectivity index (χ1v) is 7.02. The molecule has 1 radical (unpaired) electrons. The van der Waals surface area contributed by atoms with Crippen molar-refractivity contribution in [2.75, 3.05) is 20.1 Å². The minimum absolute atomic E-state index is 0.0322. The topological polar surface area (TPSA) is 39.2 Å². The third kappa shape index (κ3) is 1.93. The van der Waals surface area contributed by atoms with E-state index in [1.165, 1.54) is 0 Å². The standard InChI is InChI=1S/C11H19N4OSe/c1-4-6-14-8-9(13(3)10(17)12-8)15(7-5-2)11(14)16/h8-9H,4-7H2,1-3H3. The second kappa shape index (κ2) is 4.86. The molecule has 0 aromatic rings. The summed E-state index contributed by atoms with van der Waals surface area (Å²) < 4.78 is 0.898. The zero-order valence-corrected chi connectivity index (χ0v) is 12.3. The van der Waals surface area contributed by atoms with Crippen LogP contribution in [0.15, 0.2) is 4.99 Å². The van der Waals surface area contributed by atoms with Crippen molar-refractivity contribution in [1.29, 1.82) is 0 Å². The van der Waals surface area contributed by atoms with Gasteiger partial charge in [0.15, 0.2) is 0 Å². The van der Waals surface area contributed by atoms with Crippen LogP contribution in [0, 0.1) is 0 Å². The molecule has 0 aromatic heterocycles. The fourth-order valence-corrected chi connectivity index (χ4v) is 2.97. The summed E-state index contributed by atoms with van der Waals surface area (Å²) in [6.45, 7) is 5.77. The van der Waals surface area contributed by atoms with E-state index >= 15 is 0 Å². The van der Waals surface area contributed by atoms with Gasteiger partial charge in [0.05, 0.1) is 0 Å². The molecule has 0 aromatic carbocycles. The molecular weight excluding hydrogens is 283 g/mol. The zero-order chi connectivity index (χ0) is 12.6. The van der Waals surface area contributed by atoms with Crippen LogP contribution in [0.5, 0.6) is 0 Å². The fourth-order valence-electron chi connectivity index (χ4n) is 2.51. The number of fused-ring (bicyclic) bond motifs is 1. The quantitative estimate of drug-likeness (QED) is 0.716. The van der Waals surface area contributed by atoms with E-state index < -0.39 is 0 Å². The summed E-state index contributed by atoms with van der Waals surface area (Å²) in [7, 11) is 1.99. The molecule has 2 heterocycles. The predicted molar refractivity (Wildman–Crippen MR) is 67.9 cm³/mol. The summed E-state index contributed by atoms with van der Waals surface area (Å²) in [6, 6.07) is 0.131. The molecule has 6 heteroatoms. The average molecular weight is 302 g/mol. The summed E-state index contributed by atoms with van der Waals surface area (Å²) in [5, 5.41) is 0. The van der Waals surface area contributed by atoms with Gasteiger partial charge in [-0.2, -0.15) is 0 Å². The molecule has 0 bridgehead atoms. The van der Waals surface area contributed by atoms with Gasteiger partial charge >= 0.3 is 110 Å². The number of amidine groups is 1. The molecule has 2 amide bonds. The third-order valence-electron chi connectivity index (χ3n) is 3.27. The van der Waals surface area contributed by atoms with Crippen molar-refractivity contribution in [3.63, 3.8) is 0 Å². The second-order valence-corrected chi connectivity index (χ2v) is 5.29. The molecule has 2 aliphatic rings. The molecule has 5 nitrogen and oxygen atoms in total. The van der Waals surface area contributed by atoms with Gasteiger partial charge in [0.2, 0.25) is 0 Å². The summed E-state index contributed by atoms with van der Waals surface area (Å²) in [6.07, 6.45) is 1.99. The Bertz CT molecular complexity index is 346. The fraction of sp³-hybridized carbons (Fsp3) is 0.818. The first kappa shape index (κ1) is 12.7. The van der Waals surface area contributed by atoms with E-state index in [1.807, 2.05) is 16.8 Å². The van der Waals surface area contributed by atoms with Gasteiger partial charge in [0, 0.05) is 0 Å². The third-order valence-corrected chi connectivity index (χ3v) is 4.09. The first-order valence-electron chi connectivity index (χ1n) is 6.16. The average Bonchev–Trinajstić information content (AvgIpc) is 2.71. The SMILES string of the molecule is CCCN1C(=O)N(CCC)C2C1N=C([Se])N2C. The number of hydrogen-bond acceptors (Lipinski definition) is 3. The number of nitrogens with zero attached hydrogens (tertiary/aromatic N) is 4. The van der Waals surface area contributed by atoms with Gasteiger partial charge in [-0.1, -0.05) is 0 Å². The zero-order valence-electron chi connectivity index (χ0n) is 10.6. The minimum atomic E-state index is -0.0322. The molecule has 0 aliphatic carbocycles. The van der Waals surface area contributed by atoms with Crippen molar-refractivity contribution in [3.8, 4) is 0 Å². The Hall–Kier alpha value is -0.741. The van der Waals surface area contributed by atoms with E-state index in [9.17, 15) is 4.79 Å². The molecule has 1 fully saturated rings. The first-order chi connectivity index (χ1) is 8.11. The summed E-state index contributed by atoms with van der Waals surface area (Å²) in [5.41, 5.74) is 0. The second-order valence-electron chi connectivity index (χ2n) is 4.52. The number of rotatable bonds is 4. The van der Waals surface area contributed by atoms with Crippen molar-refractivity contribution in [1.82, 2.24) is 14.7 Å². The van der Waals surface area contributed by atoms with Gasteiger partial charge in [-0.05, 0) is 0 Å². The van der Waals surface area contributed by atoms with Crippen LogP contribution >= 0.6 is 0 Å². The molecule has 2 unspecified atom stereocenters. The summed E-state index contributed by atoms with van der Waals surface area (Å²) in [5.74, 6) is 0. The Balaban J connectivity index is 2.25. The Morgan fingerprint density at radius 3 is 2.41 bits per heavy atom. The molecule has 2 atom stereocenters. The van der Waals surface area contributed by atoms with Crippen LogP contribution in [0.4, 0.5) is 4.79 Å². The van der Waals surface area contributed by atoms with Crippen LogP contribution in [-0.2, 0) is 0 Å². The normalized spacial score (nSPS) is 27.8. The van der Waals surface area contributed by atoms with Gasteiger partial charge in [-0.25, -0.2) is 0 Å². The predicted octanol–water partition coefficient (Wildman–Crippen LogP) is 0.666. The van der Waals surface area contributed by atoms with Gasteiger partial charge < -0.3 is 0 Å².